The summed E-state index contributed by atoms with van der Waals surface area (Å²) < 4.78 is 0. The molecule has 0 spiro atoms. The van der Waals surface area contributed by atoms with E-state index in [0.29, 0.717) is 0 Å². The Balaban J connectivity index is 2.45. The number of aryl methyl sites for hydroxylation is 1. The van der Waals surface area contributed by atoms with Crippen molar-refractivity contribution in [3.05, 3.63) is 59.7 Å². The first-order chi connectivity index (χ1) is 9.93. The van der Waals surface area contributed by atoms with Crippen molar-refractivity contribution < 1.29 is 0 Å². The highest BCUT2D eigenvalue weighted by Crippen LogP contribution is 2.29. The summed E-state index contributed by atoms with van der Waals surface area (Å²) in [5.41, 5.74) is 5.75. The van der Waals surface area contributed by atoms with Crippen molar-refractivity contribution in [1.29, 1.82) is 0 Å². The second-order valence-corrected chi connectivity index (χ2v) is 6.31. The highest BCUT2D eigenvalue weighted by molar-refractivity contribution is 6.08. The first-order valence-corrected chi connectivity index (χ1v) is 7.33. The van der Waals surface area contributed by atoms with E-state index in [1.165, 1.54) is 5.56 Å². The fourth-order valence-corrected chi connectivity index (χ4v) is 2.52. The molecule has 0 saturated carbocycles. The Kier molecular flexibility index (Phi) is 4.46. The highest BCUT2D eigenvalue weighted by atomic mass is 14.9. The molecule has 2 aromatic rings. The van der Waals surface area contributed by atoms with E-state index in [1.54, 1.807) is 0 Å². The van der Waals surface area contributed by atoms with Gasteiger partial charge in [-0.2, -0.15) is 0 Å². The molecule has 0 aliphatic carbocycles. The SMILES string of the molecule is CN=C(c1ccccc1Nc1ccccc1C)C(C)(C)C. The van der Waals surface area contributed by atoms with Crippen LogP contribution in [0.4, 0.5) is 11.4 Å². The lowest BCUT2D eigenvalue weighted by molar-refractivity contribution is 0.591. The zero-order valence-electron chi connectivity index (χ0n) is 13.6. The van der Waals surface area contributed by atoms with E-state index in [4.69, 9.17) is 0 Å². The molecule has 0 atom stereocenters. The highest BCUT2D eigenvalue weighted by Gasteiger charge is 2.22. The molecule has 0 radical (unpaired) electrons. The topological polar surface area (TPSA) is 24.4 Å². The van der Waals surface area contributed by atoms with Crippen LogP contribution < -0.4 is 5.32 Å². The molecule has 0 fully saturated rings. The van der Waals surface area contributed by atoms with Gasteiger partial charge in [-0.25, -0.2) is 0 Å². The third-order valence-electron chi connectivity index (χ3n) is 3.53. The van der Waals surface area contributed by atoms with Crippen LogP contribution in [0.15, 0.2) is 53.5 Å². The smallest absolute Gasteiger partial charge is 0.0491 e. The average molecular weight is 280 g/mol. The molecule has 0 aliphatic rings. The van der Waals surface area contributed by atoms with Gasteiger partial charge in [-0.05, 0) is 24.6 Å². The molecule has 2 heteroatoms. The maximum absolute atomic E-state index is 4.53. The molecule has 0 bridgehead atoms. The lowest BCUT2D eigenvalue weighted by atomic mass is 9.84. The third kappa shape index (κ3) is 3.52. The summed E-state index contributed by atoms with van der Waals surface area (Å²) in [6, 6.07) is 16.7. The number of benzene rings is 2. The predicted molar refractivity (Wildman–Crippen MR) is 92.8 cm³/mol. The number of nitrogens with zero attached hydrogens (tertiary/aromatic N) is 1. The van der Waals surface area contributed by atoms with E-state index in [2.05, 4.69) is 86.5 Å². The van der Waals surface area contributed by atoms with Gasteiger partial charge in [0.05, 0.1) is 0 Å². The molecule has 0 unspecified atom stereocenters. The maximum Gasteiger partial charge on any atom is 0.0491 e. The molecular weight excluding hydrogens is 256 g/mol. The van der Waals surface area contributed by atoms with Gasteiger partial charge in [0.2, 0.25) is 0 Å². The number of hydrogen-bond donors (Lipinski definition) is 1. The molecule has 1 N–H and O–H groups in total. The van der Waals surface area contributed by atoms with Crippen molar-refractivity contribution in [2.24, 2.45) is 10.4 Å². The lowest BCUT2D eigenvalue weighted by Gasteiger charge is -2.24. The summed E-state index contributed by atoms with van der Waals surface area (Å²) in [4.78, 5) is 4.53. The van der Waals surface area contributed by atoms with E-state index >= 15 is 0 Å². The number of para-hydroxylation sites is 2. The van der Waals surface area contributed by atoms with Gasteiger partial charge in [-0.15, -0.1) is 0 Å². The van der Waals surface area contributed by atoms with Gasteiger partial charge in [0, 0.05) is 35.1 Å². The number of anilines is 2. The molecular formula is C19H24N2. The van der Waals surface area contributed by atoms with Crippen molar-refractivity contribution in [2.75, 3.05) is 12.4 Å². The fourth-order valence-electron chi connectivity index (χ4n) is 2.52. The Labute approximate surface area is 127 Å². The average Bonchev–Trinajstić information content (AvgIpc) is 2.42. The van der Waals surface area contributed by atoms with E-state index in [9.17, 15) is 0 Å². The molecule has 2 nitrogen and oxygen atoms in total. The molecule has 2 rings (SSSR count). The van der Waals surface area contributed by atoms with E-state index in [-0.39, 0.29) is 5.41 Å². The summed E-state index contributed by atoms with van der Waals surface area (Å²) in [5, 5.41) is 3.55. The van der Waals surface area contributed by atoms with Crippen molar-refractivity contribution in [3.8, 4) is 0 Å². The van der Waals surface area contributed by atoms with Crippen LogP contribution in [0.25, 0.3) is 0 Å². The van der Waals surface area contributed by atoms with Gasteiger partial charge in [-0.3, -0.25) is 4.99 Å². The zero-order valence-corrected chi connectivity index (χ0v) is 13.6. The monoisotopic (exact) mass is 280 g/mol. The van der Waals surface area contributed by atoms with Crippen LogP contribution in [-0.2, 0) is 0 Å². The Hall–Kier alpha value is -2.09. The summed E-state index contributed by atoms with van der Waals surface area (Å²) in [5.74, 6) is 0. The van der Waals surface area contributed by atoms with Crippen LogP contribution in [0.2, 0.25) is 0 Å². The molecule has 110 valence electrons. The molecule has 0 amide bonds. The largest absolute Gasteiger partial charge is 0.355 e. The Morgan fingerprint density at radius 1 is 0.905 bits per heavy atom. The number of hydrogen-bond acceptors (Lipinski definition) is 2. The first-order valence-electron chi connectivity index (χ1n) is 7.33. The maximum atomic E-state index is 4.53. The van der Waals surface area contributed by atoms with Crippen molar-refractivity contribution in [1.82, 2.24) is 0 Å². The molecule has 21 heavy (non-hydrogen) atoms. The van der Waals surface area contributed by atoms with Gasteiger partial charge in [0.15, 0.2) is 0 Å². The van der Waals surface area contributed by atoms with Crippen LogP contribution in [0.5, 0.6) is 0 Å². The lowest BCUT2D eigenvalue weighted by Crippen LogP contribution is -2.22. The number of rotatable bonds is 3. The zero-order chi connectivity index (χ0) is 15.5. The minimum atomic E-state index is 0.0122. The number of aliphatic imine (C=N–C) groups is 1. The Morgan fingerprint density at radius 2 is 1.48 bits per heavy atom. The second-order valence-electron chi connectivity index (χ2n) is 6.31. The molecule has 0 aromatic heterocycles. The van der Waals surface area contributed by atoms with Gasteiger partial charge >= 0.3 is 0 Å². The van der Waals surface area contributed by atoms with Crippen molar-refractivity contribution in [3.63, 3.8) is 0 Å². The van der Waals surface area contributed by atoms with E-state index in [1.807, 2.05) is 7.05 Å². The third-order valence-corrected chi connectivity index (χ3v) is 3.53. The van der Waals surface area contributed by atoms with Crippen LogP contribution >= 0.6 is 0 Å². The Bertz CT molecular complexity index is 649. The Morgan fingerprint density at radius 3 is 2.05 bits per heavy atom. The van der Waals surface area contributed by atoms with Gasteiger partial charge in [0.1, 0.15) is 0 Å². The summed E-state index contributed by atoms with van der Waals surface area (Å²) in [6.07, 6.45) is 0. The molecule has 0 heterocycles. The molecule has 2 aromatic carbocycles. The first kappa shape index (κ1) is 15.3. The van der Waals surface area contributed by atoms with Crippen molar-refractivity contribution in [2.45, 2.75) is 27.7 Å². The quantitative estimate of drug-likeness (QED) is 0.767. The predicted octanol–water partition coefficient (Wildman–Crippen LogP) is 5.20. The second kappa shape index (κ2) is 6.13. The van der Waals surface area contributed by atoms with Crippen LogP contribution in [0.3, 0.4) is 0 Å². The standard InChI is InChI=1S/C19H24N2/c1-14-10-6-8-12-16(14)21-17-13-9-7-11-15(17)18(20-5)19(2,3)4/h6-13,21H,1-5H3. The van der Waals surface area contributed by atoms with Crippen molar-refractivity contribution >= 4 is 17.1 Å². The minimum absolute atomic E-state index is 0.0122. The summed E-state index contributed by atoms with van der Waals surface area (Å²) >= 11 is 0. The summed E-state index contributed by atoms with van der Waals surface area (Å²) in [6.45, 7) is 8.70. The van der Waals surface area contributed by atoms with Crippen LogP contribution in [0.1, 0.15) is 31.9 Å². The number of nitrogens with one attached hydrogen (secondary N) is 1. The van der Waals surface area contributed by atoms with Gasteiger partial charge in [0.25, 0.3) is 0 Å². The fraction of sp³-hybridized carbons (Fsp3) is 0.316. The summed E-state index contributed by atoms with van der Waals surface area (Å²) in [7, 11) is 1.87. The van der Waals surface area contributed by atoms with Gasteiger partial charge < -0.3 is 5.32 Å². The van der Waals surface area contributed by atoms with E-state index in [0.717, 1.165) is 22.6 Å². The minimum Gasteiger partial charge on any atom is -0.355 e. The normalized spacial score (nSPS) is 12.3. The van der Waals surface area contributed by atoms with Crippen LogP contribution in [-0.4, -0.2) is 12.8 Å². The van der Waals surface area contributed by atoms with E-state index < -0.39 is 0 Å². The molecule has 0 saturated heterocycles. The van der Waals surface area contributed by atoms with Gasteiger partial charge in [-0.1, -0.05) is 57.2 Å². The van der Waals surface area contributed by atoms with Crippen LogP contribution in [0, 0.1) is 12.3 Å². The molecule has 0 aliphatic heterocycles.